The first-order chi connectivity index (χ1) is 12.3. The van der Waals surface area contributed by atoms with Crippen LogP contribution in [0.3, 0.4) is 0 Å². The molecule has 150 valence electrons. The van der Waals surface area contributed by atoms with Crippen LogP contribution in [0.1, 0.15) is 71.7 Å². The zero-order valence-corrected chi connectivity index (χ0v) is 17.4. The van der Waals surface area contributed by atoms with E-state index >= 15 is 0 Å². The van der Waals surface area contributed by atoms with Crippen LogP contribution in [0.4, 0.5) is 4.79 Å². The molecule has 6 nitrogen and oxygen atoms in total. The number of carbonyl (C=O) groups excluding carboxylic acids is 2. The van der Waals surface area contributed by atoms with Gasteiger partial charge in [0.2, 0.25) is 0 Å². The predicted molar refractivity (Wildman–Crippen MR) is 102 cm³/mol. The zero-order valence-electron chi connectivity index (χ0n) is 17.4. The number of hydrogen-bond donors (Lipinski definition) is 0. The lowest BCUT2D eigenvalue weighted by atomic mass is 9.80. The van der Waals surface area contributed by atoms with Gasteiger partial charge in [0, 0.05) is 12.8 Å². The van der Waals surface area contributed by atoms with Crippen LogP contribution in [-0.4, -0.2) is 40.0 Å². The molecule has 0 spiro atoms. The third-order valence-corrected chi connectivity index (χ3v) is 4.39. The van der Waals surface area contributed by atoms with Crippen molar-refractivity contribution in [1.29, 1.82) is 0 Å². The lowest BCUT2D eigenvalue weighted by Gasteiger charge is -2.52. The molecule has 1 aliphatic heterocycles. The van der Waals surface area contributed by atoms with Gasteiger partial charge in [0.25, 0.3) is 0 Å². The van der Waals surface area contributed by atoms with Crippen molar-refractivity contribution in [2.45, 2.75) is 84.1 Å². The summed E-state index contributed by atoms with van der Waals surface area (Å²) in [4.78, 5) is 30.2. The Morgan fingerprint density at radius 2 is 1.52 bits per heavy atom. The fourth-order valence-corrected chi connectivity index (χ4v) is 3.64. The van der Waals surface area contributed by atoms with E-state index in [2.05, 4.69) is 0 Å². The zero-order chi connectivity index (χ0) is 20.5. The standard InChI is InChI=1S/C21H31NO5/c1-19(2,3)26-18(24)27-22-20(4,5)13-16(14-21(22,6)7)25-17(23)15-11-9-8-10-12-15/h8-12,16H,13-14H2,1-7H3. The molecule has 1 heterocycles. The molecular weight excluding hydrogens is 346 g/mol. The Morgan fingerprint density at radius 3 is 2.00 bits per heavy atom. The fourth-order valence-electron chi connectivity index (χ4n) is 3.64. The van der Waals surface area contributed by atoms with Crippen LogP contribution in [0, 0.1) is 0 Å². The predicted octanol–water partition coefficient (Wildman–Crippen LogP) is 4.73. The van der Waals surface area contributed by atoms with E-state index in [0.29, 0.717) is 18.4 Å². The highest BCUT2D eigenvalue weighted by Crippen LogP contribution is 2.40. The third-order valence-electron chi connectivity index (χ3n) is 4.39. The second-order valence-electron chi connectivity index (χ2n) is 9.28. The van der Waals surface area contributed by atoms with Crippen molar-refractivity contribution in [3.63, 3.8) is 0 Å². The average molecular weight is 377 g/mol. The molecule has 0 amide bonds. The van der Waals surface area contributed by atoms with Crippen molar-refractivity contribution in [3.05, 3.63) is 35.9 Å². The highest BCUT2D eigenvalue weighted by atomic mass is 16.8. The molecule has 0 saturated carbocycles. The molecule has 0 bridgehead atoms. The summed E-state index contributed by atoms with van der Waals surface area (Å²) in [5, 5.41) is 1.67. The van der Waals surface area contributed by atoms with Crippen molar-refractivity contribution in [2.75, 3.05) is 0 Å². The first kappa shape index (κ1) is 21.2. The van der Waals surface area contributed by atoms with Gasteiger partial charge in [-0.3, -0.25) is 0 Å². The lowest BCUT2D eigenvalue weighted by molar-refractivity contribution is -0.268. The maximum atomic E-state index is 12.4. The van der Waals surface area contributed by atoms with E-state index in [1.165, 1.54) is 0 Å². The number of nitrogens with zero attached hydrogens (tertiary/aromatic N) is 1. The molecule has 0 N–H and O–H groups in total. The summed E-state index contributed by atoms with van der Waals surface area (Å²) in [6.07, 6.45) is 0.0693. The summed E-state index contributed by atoms with van der Waals surface area (Å²) in [5.41, 5.74) is -1.16. The van der Waals surface area contributed by atoms with E-state index in [1.54, 1.807) is 38.0 Å². The molecule has 2 rings (SSSR count). The topological polar surface area (TPSA) is 65.1 Å². The molecule has 0 radical (unpaired) electrons. The van der Waals surface area contributed by atoms with Crippen LogP contribution < -0.4 is 0 Å². The van der Waals surface area contributed by atoms with E-state index in [4.69, 9.17) is 14.3 Å². The van der Waals surface area contributed by atoms with Crippen LogP contribution in [0.15, 0.2) is 30.3 Å². The average Bonchev–Trinajstić information content (AvgIpc) is 2.49. The van der Waals surface area contributed by atoms with E-state index in [1.807, 2.05) is 45.9 Å². The quantitative estimate of drug-likeness (QED) is 0.710. The van der Waals surface area contributed by atoms with Gasteiger partial charge in [0.1, 0.15) is 11.7 Å². The number of piperidine rings is 1. The summed E-state index contributed by atoms with van der Waals surface area (Å²) in [5.74, 6) is -0.339. The SMILES string of the molecule is CC(C)(C)OC(=O)ON1C(C)(C)CC(OC(=O)c2ccccc2)CC1(C)C. The van der Waals surface area contributed by atoms with Crippen molar-refractivity contribution in [1.82, 2.24) is 5.06 Å². The normalized spacial score (nSPS) is 20.0. The number of hydroxylamine groups is 2. The lowest BCUT2D eigenvalue weighted by Crippen LogP contribution is -2.62. The molecule has 27 heavy (non-hydrogen) atoms. The van der Waals surface area contributed by atoms with Crippen molar-refractivity contribution < 1.29 is 23.9 Å². The van der Waals surface area contributed by atoms with Crippen LogP contribution in [0.2, 0.25) is 0 Å². The first-order valence-corrected chi connectivity index (χ1v) is 9.27. The number of benzene rings is 1. The van der Waals surface area contributed by atoms with Gasteiger partial charge in [-0.05, 0) is 60.6 Å². The molecule has 1 aromatic rings. The second kappa shape index (κ2) is 7.50. The molecule has 0 unspecified atom stereocenters. The van der Waals surface area contributed by atoms with E-state index in [-0.39, 0.29) is 12.1 Å². The van der Waals surface area contributed by atoms with Crippen molar-refractivity contribution in [2.24, 2.45) is 0 Å². The summed E-state index contributed by atoms with van der Waals surface area (Å²) in [6, 6.07) is 8.94. The molecule has 1 aliphatic rings. The molecule has 1 aromatic carbocycles. The Bertz CT molecular complexity index is 658. The van der Waals surface area contributed by atoms with Crippen molar-refractivity contribution >= 4 is 12.1 Å². The Kier molecular flexibility index (Phi) is 5.90. The maximum absolute atomic E-state index is 12.4. The molecular formula is C21H31NO5. The molecule has 0 atom stereocenters. The molecule has 1 fully saturated rings. The van der Waals surface area contributed by atoms with Gasteiger partial charge in [-0.15, -0.1) is 5.06 Å². The molecule has 1 saturated heterocycles. The van der Waals surface area contributed by atoms with Crippen molar-refractivity contribution in [3.8, 4) is 0 Å². The van der Waals surface area contributed by atoms with E-state index in [9.17, 15) is 9.59 Å². The Labute approximate surface area is 161 Å². The molecule has 0 aliphatic carbocycles. The summed E-state index contributed by atoms with van der Waals surface area (Å²) < 4.78 is 11.0. The Balaban J connectivity index is 2.09. The summed E-state index contributed by atoms with van der Waals surface area (Å²) >= 11 is 0. The van der Waals surface area contributed by atoms with Gasteiger partial charge in [-0.25, -0.2) is 9.59 Å². The third kappa shape index (κ3) is 5.70. The summed E-state index contributed by atoms with van der Waals surface area (Å²) in [6.45, 7) is 13.2. The second-order valence-corrected chi connectivity index (χ2v) is 9.28. The Hall–Kier alpha value is -2.08. The minimum atomic E-state index is -0.733. The monoisotopic (exact) mass is 377 g/mol. The van der Waals surface area contributed by atoms with Gasteiger partial charge in [0.05, 0.1) is 16.6 Å². The maximum Gasteiger partial charge on any atom is 0.528 e. The van der Waals surface area contributed by atoms with Gasteiger partial charge in [-0.2, -0.15) is 0 Å². The smallest absolute Gasteiger partial charge is 0.459 e. The van der Waals surface area contributed by atoms with E-state index < -0.39 is 22.8 Å². The fraction of sp³-hybridized carbons (Fsp3) is 0.619. The number of esters is 1. The minimum absolute atomic E-state index is 0.277. The van der Waals surface area contributed by atoms with Crippen LogP contribution in [0.25, 0.3) is 0 Å². The first-order valence-electron chi connectivity index (χ1n) is 9.27. The van der Waals surface area contributed by atoms with Gasteiger partial charge < -0.3 is 14.3 Å². The van der Waals surface area contributed by atoms with Gasteiger partial charge in [0.15, 0.2) is 0 Å². The van der Waals surface area contributed by atoms with Gasteiger partial charge in [-0.1, -0.05) is 18.2 Å². The number of ether oxygens (including phenoxy) is 2. The number of carbonyl (C=O) groups is 2. The highest BCUT2D eigenvalue weighted by molar-refractivity contribution is 5.89. The summed E-state index contributed by atoms with van der Waals surface area (Å²) in [7, 11) is 0. The van der Waals surface area contributed by atoms with E-state index in [0.717, 1.165) is 0 Å². The highest BCUT2D eigenvalue weighted by Gasteiger charge is 2.49. The van der Waals surface area contributed by atoms with Crippen LogP contribution in [-0.2, 0) is 14.3 Å². The van der Waals surface area contributed by atoms with Gasteiger partial charge >= 0.3 is 12.1 Å². The minimum Gasteiger partial charge on any atom is -0.459 e. The van der Waals surface area contributed by atoms with Crippen LogP contribution >= 0.6 is 0 Å². The number of hydrogen-bond acceptors (Lipinski definition) is 6. The molecule has 6 heteroatoms. The largest absolute Gasteiger partial charge is 0.528 e. The number of rotatable bonds is 3. The van der Waals surface area contributed by atoms with Crippen LogP contribution in [0.5, 0.6) is 0 Å². The molecule has 0 aromatic heterocycles. The Morgan fingerprint density at radius 1 is 1.00 bits per heavy atom.